The summed E-state index contributed by atoms with van der Waals surface area (Å²) in [6.45, 7) is 1.12. The van der Waals surface area contributed by atoms with Gasteiger partial charge in [-0.3, -0.25) is 4.79 Å². The monoisotopic (exact) mass is 227 g/mol. The molecule has 1 atom stereocenters. The Morgan fingerprint density at radius 3 is 3.20 bits per heavy atom. The molecule has 0 bridgehead atoms. The van der Waals surface area contributed by atoms with Crippen LogP contribution in [0.4, 0.5) is 5.82 Å². The minimum Gasteiger partial charge on any atom is -0.381 e. The zero-order chi connectivity index (χ0) is 10.7. The van der Waals surface area contributed by atoms with Crippen LogP contribution in [0.15, 0.2) is 12.3 Å². The summed E-state index contributed by atoms with van der Waals surface area (Å²) in [7, 11) is 0. The van der Waals surface area contributed by atoms with E-state index < -0.39 is 0 Å². The molecule has 1 amide bonds. The van der Waals surface area contributed by atoms with E-state index >= 15 is 0 Å². The fourth-order valence-electron chi connectivity index (χ4n) is 1.37. The second kappa shape index (κ2) is 4.55. The molecule has 0 aliphatic carbocycles. The fraction of sp³-hybridized carbons (Fsp3) is 0.444. The van der Waals surface area contributed by atoms with Gasteiger partial charge in [0.15, 0.2) is 0 Å². The normalized spacial score (nSPS) is 20.2. The number of nitrogens with one attached hydrogen (secondary N) is 1. The molecule has 0 aromatic carbocycles. The summed E-state index contributed by atoms with van der Waals surface area (Å²) in [4.78, 5) is 19.2. The van der Waals surface area contributed by atoms with E-state index in [0.717, 1.165) is 6.42 Å². The van der Waals surface area contributed by atoms with Crippen molar-refractivity contribution in [1.29, 1.82) is 0 Å². The van der Waals surface area contributed by atoms with Gasteiger partial charge in [0.1, 0.15) is 5.82 Å². The molecule has 1 N–H and O–H groups in total. The van der Waals surface area contributed by atoms with Crippen molar-refractivity contribution >= 4 is 23.3 Å². The minimum atomic E-state index is -0.0845. The highest BCUT2D eigenvalue weighted by Crippen LogP contribution is 2.15. The molecule has 5 nitrogen and oxygen atoms in total. The number of halogens is 1. The third kappa shape index (κ3) is 2.64. The Bertz CT molecular complexity index is 366. The molecular weight excluding hydrogens is 218 g/mol. The number of hydrogen-bond donors (Lipinski definition) is 1. The predicted molar refractivity (Wildman–Crippen MR) is 54.6 cm³/mol. The summed E-state index contributed by atoms with van der Waals surface area (Å²) in [5.41, 5.74) is 0. The molecule has 1 fully saturated rings. The van der Waals surface area contributed by atoms with E-state index in [0.29, 0.717) is 19.0 Å². The summed E-state index contributed by atoms with van der Waals surface area (Å²) in [6.07, 6.45) is 2.25. The molecule has 1 saturated heterocycles. The molecule has 2 heterocycles. The highest BCUT2D eigenvalue weighted by molar-refractivity contribution is 6.28. The molecule has 1 aliphatic heterocycles. The highest BCUT2D eigenvalue weighted by atomic mass is 35.5. The number of aromatic nitrogens is 2. The van der Waals surface area contributed by atoms with Crippen LogP contribution >= 0.6 is 11.6 Å². The number of carbonyl (C=O) groups excluding carboxylic acids is 1. The first-order chi connectivity index (χ1) is 7.25. The summed E-state index contributed by atoms with van der Waals surface area (Å²) in [5.74, 6) is 0.257. The first-order valence-corrected chi connectivity index (χ1v) is 5.00. The molecule has 6 heteroatoms. The number of nitrogens with zero attached hydrogens (tertiary/aromatic N) is 2. The molecule has 0 radical (unpaired) electrons. The Balaban J connectivity index is 1.99. The van der Waals surface area contributed by atoms with Crippen molar-refractivity contribution < 1.29 is 9.53 Å². The lowest BCUT2D eigenvalue weighted by molar-refractivity contribution is -0.119. The molecule has 0 saturated carbocycles. The number of ether oxygens (including phenoxy) is 1. The molecule has 80 valence electrons. The van der Waals surface area contributed by atoms with Crippen LogP contribution in [0, 0.1) is 5.92 Å². The van der Waals surface area contributed by atoms with Gasteiger partial charge in [-0.15, -0.1) is 0 Å². The molecule has 1 aromatic rings. The number of hydrogen-bond acceptors (Lipinski definition) is 4. The van der Waals surface area contributed by atoms with Crippen molar-refractivity contribution in [2.75, 3.05) is 18.5 Å². The topological polar surface area (TPSA) is 64.1 Å². The predicted octanol–water partition coefficient (Wildman–Crippen LogP) is 1.10. The Morgan fingerprint density at radius 2 is 2.53 bits per heavy atom. The largest absolute Gasteiger partial charge is 0.381 e. The minimum absolute atomic E-state index is 0.0812. The fourth-order valence-corrected chi connectivity index (χ4v) is 1.52. The second-order valence-electron chi connectivity index (χ2n) is 3.26. The van der Waals surface area contributed by atoms with E-state index in [1.165, 1.54) is 6.20 Å². The van der Waals surface area contributed by atoms with E-state index in [1.54, 1.807) is 6.07 Å². The van der Waals surface area contributed by atoms with Crippen LogP contribution in [-0.4, -0.2) is 29.1 Å². The zero-order valence-electron chi connectivity index (χ0n) is 7.94. The van der Waals surface area contributed by atoms with Gasteiger partial charge >= 0.3 is 0 Å². The number of rotatable bonds is 2. The SMILES string of the molecule is O=C(Nc1ccnc(Cl)n1)C1CCOC1. The third-order valence-corrected chi connectivity index (χ3v) is 2.36. The highest BCUT2D eigenvalue weighted by Gasteiger charge is 2.23. The summed E-state index contributed by atoms with van der Waals surface area (Å²) >= 11 is 5.59. The first kappa shape index (κ1) is 10.3. The average molecular weight is 228 g/mol. The van der Waals surface area contributed by atoms with Crippen LogP contribution < -0.4 is 5.32 Å². The molecule has 1 unspecified atom stereocenters. The average Bonchev–Trinajstić information content (AvgIpc) is 2.70. The van der Waals surface area contributed by atoms with E-state index in [2.05, 4.69) is 15.3 Å². The van der Waals surface area contributed by atoms with Gasteiger partial charge in [0.2, 0.25) is 11.2 Å². The Labute approximate surface area is 91.8 Å². The van der Waals surface area contributed by atoms with Gasteiger partial charge in [-0.1, -0.05) is 0 Å². The summed E-state index contributed by atoms with van der Waals surface area (Å²) < 4.78 is 5.12. The molecule has 15 heavy (non-hydrogen) atoms. The molecule has 0 spiro atoms. The van der Waals surface area contributed by atoms with Crippen LogP contribution in [0.3, 0.4) is 0 Å². The first-order valence-electron chi connectivity index (χ1n) is 4.63. The van der Waals surface area contributed by atoms with Crippen LogP contribution in [0.25, 0.3) is 0 Å². The van der Waals surface area contributed by atoms with E-state index in [9.17, 15) is 4.79 Å². The van der Waals surface area contributed by atoms with E-state index in [1.807, 2.05) is 0 Å². The van der Waals surface area contributed by atoms with E-state index in [-0.39, 0.29) is 17.1 Å². The lowest BCUT2D eigenvalue weighted by atomic mass is 10.1. The zero-order valence-corrected chi connectivity index (χ0v) is 8.70. The van der Waals surface area contributed by atoms with Crippen molar-refractivity contribution in [3.8, 4) is 0 Å². The van der Waals surface area contributed by atoms with Crippen molar-refractivity contribution in [2.24, 2.45) is 5.92 Å². The van der Waals surface area contributed by atoms with Gasteiger partial charge < -0.3 is 10.1 Å². The van der Waals surface area contributed by atoms with E-state index in [4.69, 9.17) is 16.3 Å². The van der Waals surface area contributed by atoms with Crippen LogP contribution in [-0.2, 0) is 9.53 Å². The van der Waals surface area contributed by atoms with Gasteiger partial charge in [-0.05, 0) is 24.1 Å². The van der Waals surface area contributed by atoms with Crippen molar-refractivity contribution in [3.05, 3.63) is 17.5 Å². The van der Waals surface area contributed by atoms with Crippen LogP contribution in [0.5, 0.6) is 0 Å². The Morgan fingerprint density at radius 1 is 1.67 bits per heavy atom. The van der Waals surface area contributed by atoms with Crippen molar-refractivity contribution in [2.45, 2.75) is 6.42 Å². The quantitative estimate of drug-likeness (QED) is 0.769. The van der Waals surface area contributed by atoms with Crippen molar-refractivity contribution in [1.82, 2.24) is 9.97 Å². The lowest BCUT2D eigenvalue weighted by Crippen LogP contribution is -2.23. The maximum Gasteiger partial charge on any atom is 0.231 e. The number of anilines is 1. The van der Waals surface area contributed by atoms with Gasteiger partial charge in [-0.25, -0.2) is 9.97 Å². The van der Waals surface area contributed by atoms with Gasteiger partial charge in [0.05, 0.1) is 12.5 Å². The van der Waals surface area contributed by atoms with Crippen LogP contribution in [0.2, 0.25) is 5.28 Å². The smallest absolute Gasteiger partial charge is 0.231 e. The second-order valence-corrected chi connectivity index (χ2v) is 3.60. The lowest BCUT2D eigenvalue weighted by Gasteiger charge is -2.07. The summed E-state index contributed by atoms with van der Waals surface area (Å²) in [6, 6.07) is 1.60. The van der Waals surface area contributed by atoms with Gasteiger partial charge in [-0.2, -0.15) is 0 Å². The van der Waals surface area contributed by atoms with Crippen LogP contribution in [0.1, 0.15) is 6.42 Å². The maximum absolute atomic E-state index is 11.6. The maximum atomic E-state index is 11.6. The summed E-state index contributed by atoms with van der Waals surface area (Å²) in [5, 5.41) is 2.79. The molecule has 1 aliphatic rings. The number of amides is 1. The van der Waals surface area contributed by atoms with Gasteiger partial charge in [0, 0.05) is 12.8 Å². The van der Waals surface area contributed by atoms with Crippen molar-refractivity contribution in [3.63, 3.8) is 0 Å². The number of carbonyl (C=O) groups is 1. The molecule has 1 aromatic heterocycles. The molecular formula is C9H10ClN3O2. The standard InChI is InChI=1S/C9H10ClN3O2/c10-9-11-3-1-7(13-9)12-8(14)6-2-4-15-5-6/h1,3,6H,2,4-5H2,(H,11,12,13,14). The third-order valence-electron chi connectivity index (χ3n) is 2.18. The molecule has 2 rings (SSSR count). The van der Waals surface area contributed by atoms with Gasteiger partial charge in [0.25, 0.3) is 0 Å². The Kier molecular flexibility index (Phi) is 3.13. The Hall–Kier alpha value is -1.20.